The molecule has 154 valence electrons. The van der Waals surface area contributed by atoms with Crippen LogP contribution >= 0.6 is 0 Å². The molecule has 0 aliphatic rings. The van der Waals surface area contributed by atoms with Crippen molar-refractivity contribution in [3.05, 3.63) is 83.9 Å². The summed E-state index contributed by atoms with van der Waals surface area (Å²) in [6.07, 6.45) is -1.18. The monoisotopic (exact) mass is 398 g/mol. The largest absolute Gasteiger partial charge is 0.388 e. The number of hydrogen-bond donors (Lipinski definition) is 2. The van der Waals surface area contributed by atoms with E-state index in [1.165, 1.54) is 0 Å². The van der Waals surface area contributed by atoms with E-state index < -0.39 is 12.2 Å². The summed E-state index contributed by atoms with van der Waals surface area (Å²) >= 11 is 0. The Morgan fingerprint density at radius 3 is 1.23 bits per heavy atom. The van der Waals surface area contributed by atoms with Gasteiger partial charge in [-0.2, -0.15) is 0 Å². The van der Waals surface area contributed by atoms with Gasteiger partial charge in [0.05, 0.1) is 12.2 Å². The molecular weight excluding hydrogens is 368 g/mol. The second-order valence-corrected chi connectivity index (χ2v) is 8.88. The van der Waals surface area contributed by atoms with E-state index in [2.05, 4.69) is 48.5 Å². The van der Waals surface area contributed by atoms with Crippen LogP contribution in [-0.4, -0.2) is 10.2 Å². The molecule has 0 fully saturated rings. The Morgan fingerprint density at radius 1 is 0.500 bits per heavy atom. The molecule has 0 saturated carbocycles. The van der Waals surface area contributed by atoms with Crippen LogP contribution in [0.5, 0.6) is 0 Å². The summed E-state index contributed by atoms with van der Waals surface area (Å²) in [5.74, 6) is 0.164. The van der Waals surface area contributed by atoms with E-state index in [4.69, 9.17) is 0 Å². The van der Waals surface area contributed by atoms with Gasteiger partial charge in [0.15, 0.2) is 0 Å². The molecule has 30 heavy (non-hydrogen) atoms. The summed E-state index contributed by atoms with van der Waals surface area (Å²) in [5, 5.41) is 26.8. The lowest BCUT2D eigenvalue weighted by molar-refractivity contribution is 0.126. The highest BCUT2D eigenvalue weighted by molar-refractivity contribution is 6.08. The highest BCUT2D eigenvalue weighted by Gasteiger charge is 2.25. The molecule has 2 N–H and O–H groups in total. The minimum absolute atomic E-state index is 0.0818. The summed E-state index contributed by atoms with van der Waals surface area (Å²) in [6.45, 7) is 8.15. The fourth-order valence-corrected chi connectivity index (χ4v) is 4.35. The first-order valence-electron chi connectivity index (χ1n) is 10.8. The molecule has 4 aromatic carbocycles. The maximum atomic E-state index is 11.1. The van der Waals surface area contributed by atoms with Crippen molar-refractivity contribution >= 4 is 21.5 Å². The number of fused-ring (bicyclic) bond motifs is 2. The standard InChI is InChI=1S/C28H30O2/c1-17(2)27(29)23-15-13-19-9-5-7-11-21(19)25(23)26-22-12-8-6-10-20(22)14-16-24(26)28(30)18(3)4/h5-18,27-30H,1-4H3/t27-,28-/m1/s1. The van der Waals surface area contributed by atoms with Crippen LogP contribution in [0, 0.1) is 11.8 Å². The van der Waals surface area contributed by atoms with Crippen LogP contribution in [0.1, 0.15) is 51.0 Å². The van der Waals surface area contributed by atoms with Crippen molar-refractivity contribution in [3.63, 3.8) is 0 Å². The van der Waals surface area contributed by atoms with Gasteiger partial charge in [-0.3, -0.25) is 0 Å². The van der Waals surface area contributed by atoms with Gasteiger partial charge in [-0.15, -0.1) is 0 Å². The van der Waals surface area contributed by atoms with E-state index in [0.29, 0.717) is 0 Å². The van der Waals surface area contributed by atoms with Crippen molar-refractivity contribution in [2.75, 3.05) is 0 Å². The predicted octanol–water partition coefficient (Wildman–Crippen LogP) is 7.04. The predicted molar refractivity (Wildman–Crippen MR) is 126 cm³/mol. The molecule has 0 unspecified atom stereocenters. The number of hydrogen-bond acceptors (Lipinski definition) is 2. The summed E-state index contributed by atoms with van der Waals surface area (Å²) in [5.41, 5.74) is 3.89. The minimum Gasteiger partial charge on any atom is -0.388 e. The number of benzene rings is 4. The third kappa shape index (κ3) is 3.51. The summed E-state index contributed by atoms with van der Waals surface area (Å²) in [7, 11) is 0. The van der Waals surface area contributed by atoms with Crippen LogP contribution in [0.15, 0.2) is 72.8 Å². The lowest BCUT2D eigenvalue weighted by Gasteiger charge is -2.26. The quantitative estimate of drug-likeness (QED) is 0.378. The third-order valence-electron chi connectivity index (χ3n) is 6.07. The molecule has 0 saturated heterocycles. The van der Waals surface area contributed by atoms with Crippen LogP contribution in [0.2, 0.25) is 0 Å². The topological polar surface area (TPSA) is 40.5 Å². The zero-order chi connectivity index (χ0) is 21.4. The number of rotatable bonds is 5. The van der Waals surface area contributed by atoms with Crippen molar-refractivity contribution in [1.82, 2.24) is 0 Å². The van der Waals surface area contributed by atoms with Gasteiger partial charge in [0, 0.05) is 0 Å². The molecule has 0 heterocycles. The molecule has 2 nitrogen and oxygen atoms in total. The van der Waals surface area contributed by atoms with E-state index >= 15 is 0 Å². The molecule has 0 spiro atoms. The molecule has 4 rings (SSSR count). The Labute approximate surface area is 178 Å². The van der Waals surface area contributed by atoms with Gasteiger partial charge in [0.2, 0.25) is 0 Å². The van der Waals surface area contributed by atoms with Crippen LogP contribution in [0.25, 0.3) is 32.7 Å². The van der Waals surface area contributed by atoms with Gasteiger partial charge in [-0.05, 0) is 55.6 Å². The molecule has 2 atom stereocenters. The Hall–Kier alpha value is -2.68. The van der Waals surface area contributed by atoms with Crippen LogP contribution in [0.4, 0.5) is 0 Å². The fourth-order valence-electron chi connectivity index (χ4n) is 4.35. The van der Waals surface area contributed by atoms with E-state index in [1.807, 2.05) is 52.0 Å². The van der Waals surface area contributed by atoms with Gasteiger partial charge in [-0.1, -0.05) is 100 Å². The van der Waals surface area contributed by atoms with Crippen molar-refractivity contribution in [1.29, 1.82) is 0 Å². The first kappa shape index (κ1) is 20.6. The molecule has 0 aliphatic carbocycles. The molecule has 0 aliphatic heterocycles. The van der Waals surface area contributed by atoms with E-state index in [-0.39, 0.29) is 11.8 Å². The van der Waals surface area contributed by atoms with E-state index in [9.17, 15) is 10.2 Å². The Kier molecular flexibility index (Phi) is 5.64. The smallest absolute Gasteiger partial charge is 0.0819 e. The first-order valence-corrected chi connectivity index (χ1v) is 10.8. The molecule has 0 bridgehead atoms. The second-order valence-electron chi connectivity index (χ2n) is 8.88. The highest BCUT2D eigenvalue weighted by Crippen LogP contribution is 2.44. The third-order valence-corrected chi connectivity index (χ3v) is 6.07. The average molecular weight is 399 g/mol. The average Bonchev–Trinajstić information content (AvgIpc) is 2.76. The number of aliphatic hydroxyl groups is 2. The Morgan fingerprint density at radius 2 is 0.867 bits per heavy atom. The highest BCUT2D eigenvalue weighted by atomic mass is 16.3. The maximum absolute atomic E-state index is 11.1. The second kappa shape index (κ2) is 8.22. The summed E-state index contributed by atoms with van der Waals surface area (Å²) in [4.78, 5) is 0. The van der Waals surface area contributed by atoms with E-state index in [1.54, 1.807) is 0 Å². The zero-order valence-corrected chi connectivity index (χ0v) is 18.1. The fraction of sp³-hybridized carbons (Fsp3) is 0.286. The molecule has 0 aromatic heterocycles. The van der Waals surface area contributed by atoms with Gasteiger partial charge >= 0.3 is 0 Å². The Bertz CT molecular complexity index is 1090. The molecular formula is C28H30O2. The molecule has 0 amide bonds. The van der Waals surface area contributed by atoms with Crippen molar-refractivity contribution < 1.29 is 10.2 Å². The zero-order valence-electron chi connectivity index (χ0n) is 18.1. The van der Waals surface area contributed by atoms with Crippen LogP contribution < -0.4 is 0 Å². The van der Waals surface area contributed by atoms with Crippen molar-refractivity contribution in [2.45, 2.75) is 39.9 Å². The van der Waals surface area contributed by atoms with Gasteiger partial charge in [0.25, 0.3) is 0 Å². The van der Waals surface area contributed by atoms with Crippen LogP contribution in [0.3, 0.4) is 0 Å². The summed E-state index contributed by atoms with van der Waals surface area (Å²) in [6, 6.07) is 24.9. The lowest BCUT2D eigenvalue weighted by atomic mass is 9.81. The van der Waals surface area contributed by atoms with Gasteiger partial charge in [0.1, 0.15) is 0 Å². The molecule has 2 heteroatoms. The van der Waals surface area contributed by atoms with Crippen molar-refractivity contribution in [2.24, 2.45) is 11.8 Å². The summed E-state index contributed by atoms with van der Waals surface area (Å²) < 4.78 is 0. The minimum atomic E-state index is -0.590. The van der Waals surface area contributed by atoms with Crippen molar-refractivity contribution in [3.8, 4) is 11.1 Å². The first-order chi connectivity index (χ1) is 14.4. The molecule has 0 radical (unpaired) electrons. The SMILES string of the molecule is CC(C)[C@@H](O)c1ccc2ccccc2c1-c1c([C@H](O)C(C)C)ccc2ccccc12. The number of aliphatic hydroxyl groups excluding tert-OH is 2. The van der Waals surface area contributed by atoms with Gasteiger partial charge in [-0.25, -0.2) is 0 Å². The van der Waals surface area contributed by atoms with E-state index in [0.717, 1.165) is 43.8 Å². The molecule has 4 aromatic rings. The van der Waals surface area contributed by atoms with Gasteiger partial charge < -0.3 is 10.2 Å². The maximum Gasteiger partial charge on any atom is 0.0819 e. The lowest BCUT2D eigenvalue weighted by Crippen LogP contribution is -2.11. The van der Waals surface area contributed by atoms with Crippen LogP contribution in [-0.2, 0) is 0 Å². The normalized spacial score (nSPS) is 14.0. The Balaban J connectivity index is 2.19.